The Bertz CT molecular complexity index is 579. The molecule has 0 amide bonds. The first kappa shape index (κ1) is 15.3. The lowest BCUT2D eigenvalue weighted by molar-refractivity contribution is 0.388. The van der Waals surface area contributed by atoms with E-state index in [0.717, 1.165) is 0 Å². The minimum absolute atomic E-state index is 0.241. The second kappa shape index (κ2) is 6.55. The number of hydrogen-bond donors (Lipinski definition) is 0. The van der Waals surface area contributed by atoms with Crippen LogP contribution in [0.25, 0.3) is 0 Å². The molecule has 0 saturated carbocycles. The van der Waals surface area contributed by atoms with Crippen LogP contribution in [0.1, 0.15) is 0 Å². The number of halogens is 4. The van der Waals surface area contributed by atoms with E-state index in [-0.39, 0.29) is 21.1 Å². The molecule has 2 rings (SSSR count). The van der Waals surface area contributed by atoms with Gasteiger partial charge in [0.2, 0.25) is 21.1 Å². The summed E-state index contributed by atoms with van der Waals surface area (Å²) in [6.45, 7) is 0. The predicted octanol–water partition coefficient (Wildman–Crippen LogP) is 2.79. The lowest BCUT2D eigenvalue weighted by Gasteiger charge is -1.94. The van der Waals surface area contributed by atoms with Gasteiger partial charge in [-0.3, -0.25) is 0 Å². The molecule has 0 spiro atoms. The molecule has 0 aliphatic rings. The van der Waals surface area contributed by atoms with E-state index in [2.05, 4.69) is 29.9 Å². The summed E-state index contributed by atoms with van der Waals surface area (Å²) in [6, 6.07) is -0.801. The second-order valence-corrected chi connectivity index (χ2v) is 4.88. The van der Waals surface area contributed by atoms with E-state index in [1.807, 2.05) is 0 Å². The van der Waals surface area contributed by atoms with Crippen molar-refractivity contribution in [2.24, 2.45) is 0 Å². The van der Waals surface area contributed by atoms with Gasteiger partial charge in [-0.1, -0.05) is 0 Å². The Morgan fingerprint density at radius 1 is 0.650 bits per heavy atom. The summed E-state index contributed by atoms with van der Waals surface area (Å²) in [6.07, 6.45) is 0. The van der Waals surface area contributed by atoms with Gasteiger partial charge in [0, 0.05) is 4.57 Å². The molecule has 9 nitrogen and oxygen atoms in total. The van der Waals surface area contributed by atoms with Gasteiger partial charge in [-0.25, -0.2) is 0 Å². The van der Waals surface area contributed by atoms with Crippen molar-refractivity contribution in [2.75, 3.05) is 0 Å². The van der Waals surface area contributed by atoms with Crippen LogP contribution in [-0.4, -0.2) is 29.9 Å². The third-order valence-corrected chi connectivity index (χ3v) is 2.73. The lowest BCUT2D eigenvalue weighted by atomic mass is 11.0. The summed E-state index contributed by atoms with van der Waals surface area (Å²) >= 11 is 22.0. The zero-order valence-electron chi connectivity index (χ0n) is 8.87. The van der Waals surface area contributed by atoms with Crippen molar-refractivity contribution in [3.8, 4) is 12.0 Å². The molecule has 0 atom stereocenters. The fraction of sp³-hybridized carbons (Fsp3) is 0. The molecule has 2 aromatic heterocycles. The summed E-state index contributed by atoms with van der Waals surface area (Å²) in [5, 5.41) is -0.964. The first-order chi connectivity index (χ1) is 9.42. The van der Waals surface area contributed by atoms with Gasteiger partial charge in [0.15, 0.2) is 0 Å². The van der Waals surface area contributed by atoms with E-state index in [1.54, 1.807) is 0 Å². The third-order valence-electron chi connectivity index (χ3n) is 1.43. The highest BCUT2D eigenvalue weighted by molar-refractivity contribution is 7.34. The molecular formula is C6Cl4N6O3P+. The molecule has 104 valence electrons. The van der Waals surface area contributed by atoms with Gasteiger partial charge in [0.1, 0.15) is 0 Å². The summed E-state index contributed by atoms with van der Waals surface area (Å²) in [5.74, 6) is 0. The number of hydrogen-bond acceptors (Lipinski definition) is 9. The maximum Gasteiger partial charge on any atom is 0.812 e. The van der Waals surface area contributed by atoms with E-state index in [9.17, 15) is 4.57 Å². The van der Waals surface area contributed by atoms with Crippen molar-refractivity contribution >= 4 is 54.7 Å². The van der Waals surface area contributed by atoms with Crippen molar-refractivity contribution in [1.82, 2.24) is 29.9 Å². The number of rotatable bonds is 4. The lowest BCUT2D eigenvalue weighted by Crippen LogP contribution is -1.99. The molecule has 2 aromatic rings. The molecule has 0 radical (unpaired) electrons. The van der Waals surface area contributed by atoms with Crippen LogP contribution in [0.3, 0.4) is 0 Å². The van der Waals surface area contributed by atoms with Crippen LogP contribution in [0.2, 0.25) is 21.1 Å². The summed E-state index contributed by atoms with van der Waals surface area (Å²) in [4.78, 5) is 21.0. The van der Waals surface area contributed by atoms with E-state index in [1.165, 1.54) is 0 Å². The van der Waals surface area contributed by atoms with E-state index >= 15 is 0 Å². The first-order valence-corrected chi connectivity index (χ1v) is 7.00. The number of aromatic nitrogens is 6. The van der Waals surface area contributed by atoms with Gasteiger partial charge in [-0.2, -0.15) is 39.0 Å². The highest BCUT2D eigenvalue weighted by atomic mass is 35.5. The Kier molecular flexibility index (Phi) is 5.00. The average Bonchev–Trinajstić information content (AvgIpc) is 2.24. The topological polar surface area (TPSA) is 113 Å². The number of nitrogens with zero attached hydrogens (tertiary/aromatic N) is 6. The van der Waals surface area contributed by atoms with Crippen molar-refractivity contribution in [3.05, 3.63) is 21.1 Å². The van der Waals surface area contributed by atoms with Crippen LogP contribution in [0, 0.1) is 0 Å². The van der Waals surface area contributed by atoms with Gasteiger partial charge < -0.3 is 0 Å². The van der Waals surface area contributed by atoms with Crippen molar-refractivity contribution in [2.45, 2.75) is 0 Å². The van der Waals surface area contributed by atoms with Crippen molar-refractivity contribution < 1.29 is 13.6 Å². The maximum atomic E-state index is 11.6. The van der Waals surface area contributed by atoms with E-state index < -0.39 is 20.3 Å². The summed E-state index contributed by atoms with van der Waals surface area (Å²) in [7, 11) is -2.77. The highest BCUT2D eigenvalue weighted by Gasteiger charge is 2.29. The summed E-state index contributed by atoms with van der Waals surface area (Å²) in [5.41, 5.74) is 0. The molecule has 2 heterocycles. The molecule has 0 unspecified atom stereocenters. The Balaban J connectivity index is 2.08. The second-order valence-electron chi connectivity index (χ2n) is 2.72. The van der Waals surface area contributed by atoms with Crippen LogP contribution >= 0.6 is 54.7 Å². The molecule has 0 saturated heterocycles. The van der Waals surface area contributed by atoms with Crippen LogP contribution in [-0.2, 0) is 4.57 Å². The minimum atomic E-state index is -2.77. The smallest absolute Gasteiger partial charge is 0.187 e. The van der Waals surface area contributed by atoms with Crippen LogP contribution in [0.5, 0.6) is 12.0 Å². The van der Waals surface area contributed by atoms with Crippen LogP contribution in [0.4, 0.5) is 0 Å². The van der Waals surface area contributed by atoms with E-state index in [0.29, 0.717) is 0 Å². The molecule has 0 aromatic carbocycles. The normalized spacial score (nSPS) is 10.2. The molecule has 14 heteroatoms. The third kappa shape index (κ3) is 4.46. The minimum Gasteiger partial charge on any atom is -0.187 e. The molecule has 0 aliphatic heterocycles. The molecule has 0 bridgehead atoms. The fourth-order valence-electron chi connectivity index (χ4n) is 0.852. The standard InChI is InChI=1S/C6Cl4N6O3P/c7-1-11-2(8)14-5(13-1)18-20(17)19-6-15-3(9)12-4(10)16-6/q+1. The van der Waals surface area contributed by atoms with Gasteiger partial charge >= 0.3 is 20.3 Å². The SMILES string of the molecule is O=[P+](Oc1nc(Cl)nc(Cl)n1)Oc1nc(Cl)nc(Cl)n1. The Labute approximate surface area is 131 Å². The van der Waals surface area contributed by atoms with Crippen molar-refractivity contribution in [3.63, 3.8) is 0 Å². The van der Waals surface area contributed by atoms with Gasteiger partial charge in [-0.15, -0.1) is 0 Å². The molecule has 20 heavy (non-hydrogen) atoms. The molecular weight excluding hydrogens is 377 g/mol. The monoisotopic (exact) mass is 375 g/mol. The largest absolute Gasteiger partial charge is 0.812 e. The van der Waals surface area contributed by atoms with E-state index in [4.69, 9.17) is 55.5 Å². The Morgan fingerprint density at radius 3 is 1.25 bits per heavy atom. The Hall–Kier alpha value is -1.12. The molecule has 0 aliphatic carbocycles. The maximum absolute atomic E-state index is 11.6. The zero-order valence-corrected chi connectivity index (χ0v) is 12.8. The molecule has 0 N–H and O–H groups in total. The van der Waals surface area contributed by atoms with Crippen LogP contribution in [0.15, 0.2) is 0 Å². The van der Waals surface area contributed by atoms with Gasteiger partial charge in [0.05, 0.1) is 0 Å². The quantitative estimate of drug-likeness (QED) is 0.743. The summed E-state index contributed by atoms with van der Waals surface area (Å²) < 4.78 is 21.0. The van der Waals surface area contributed by atoms with Gasteiger partial charge in [-0.05, 0) is 46.4 Å². The van der Waals surface area contributed by atoms with Gasteiger partial charge in [0.25, 0.3) is 0 Å². The molecule has 0 fully saturated rings. The fourth-order valence-corrected chi connectivity index (χ4v) is 2.01. The predicted molar refractivity (Wildman–Crippen MR) is 68.6 cm³/mol. The average molecular weight is 377 g/mol. The highest BCUT2D eigenvalue weighted by Crippen LogP contribution is 2.28. The first-order valence-electron chi connectivity index (χ1n) is 4.40. The van der Waals surface area contributed by atoms with Crippen molar-refractivity contribution in [1.29, 1.82) is 0 Å². The zero-order chi connectivity index (χ0) is 14.7. The van der Waals surface area contributed by atoms with Crippen LogP contribution < -0.4 is 9.05 Å². The Morgan fingerprint density at radius 2 is 0.950 bits per heavy atom.